The molecule has 1 aromatic carbocycles. The molecule has 0 aliphatic carbocycles. The summed E-state index contributed by atoms with van der Waals surface area (Å²) in [5.74, 6) is 0.682. The quantitative estimate of drug-likeness (QED) is 0.471. The molecule has 0 spiro atoms. The zero-order valence-electron chi connectivity index (χ0n) is 14.4. The van der Waals surface area contributed by atoms with E-state index in [2.05, 4.69) is 20.8 Å². The van der Waals surface area contributed by atoms with Crippen molar-refractivity contribution >= 4 is 12.6 Å². The van der Waals surface area contributed by atoms with Crippen LogP contribution in [0.2, 0.25) is 0 Å². The minimum atomic E-state index is -1.37. The molecule has 0 fully saturated rings. The number of hydrogen-bond acceptors (Lipinski definition) is 3. The van der Waals surface area contributed by atoms with Crippen LogP contribution in [0.4, 0.5) is 0 Å². The van der Waals surface area contributed by atoms with E-state index >= 15 is 0 Å². The monoisotopic (exact) mass is 328 g/mol. The number of rotatable bonds is 10. The largest absolute Gasteiger partial charge is 0.870 e. The van der Waals surface area contributed by atoms with Gasteiger partial charge in [-0.15, -0.1) is 0 Å². The first-order valence-electron chi connectivity index (χ1n) is 8.48. The molecule has 0 aliphatic rings. The van der Waals surface area contributed by atoms with Crippen LogP contribution in [0.15, 0.2) is 18.2 Å². The summed E-state index contributed by atoms with van der Waals surface area (Å²) in [5, 5.41) is 21.3. The lowest BCUT2D eigenvalue weighted by Gasteiger charge is -2.28. The van der Waals surface area contributed by atoms with Gasteiger partial charge in [-0.25, -0.2) is 0 Å². The van der Waals surface area contributed by atoms with Gasteiger partial charge in [-0.05, 0) is 31.4 Å². The van der Waals surface area contributed by atoms with Crippen molar-refractivity contribution in [2.24, 2.45) is 0 Å². The van der Waals surface area contributed by atoms with Crippen molar-refractivity contribution in [2.75, 3.05) is 18.5 Å². The molecule has 1 aromatic rings. The Morgan fingerprint density at radius 2 is 1.27 bits per heavy atom. The van der Waals surface area contributed by atoms with Crippen LogP contribution in [0.1, 0.15) is 59.3 Å². The summed E-state index contributed by atoms with van der Waals surface area (Å²) in [4.78, 5) is 0. The topological polar surface area (TPSA) is 70.5 Å². The van der Waals surface area contributed by atoms with Gasteiger partial charge in [-0.1, -0.05) is 40.0 Å². The molecule has 128 valence electrons. The number of unbranched alkanes of at least 4 members (excludes halogenated alkanes) is 3. The molecule has 0 heterocycles. The standard InChI is InChI=1S/C18H31O2P.H2O/c1-4-7-12-21(13-8-5-2,14-9-6-3)18-15-16(19)10-11-17(18)20;/h10-11,15H,4-9,12-14H2,1-3H3,(H-,19,20);1H2. The minimum Gasteiger partial charge on any atom is -0.870 e. The van der Waals surface area contributed by atoms with Gasteiger partial charge in [-0.3, -0.25) is 0 Å². The molecule has 22 heavy (non-hydrogen) atoms. The van der Waals surface area contributed by atoms with Crippen LogP contribution < -0.4 is 5.30 Å². The predicted octanol–water partition coefficient (Wildman–Crippen LogP) is 4.96. The zero-order chi connectivity index (χ0) is 15.7. The molecule has 0 saturated carbocycles. The van der Waals surface area contributed by atoms with E-state index in [4.69, 9.17) is 0 Å². The molecule has 0 atom stereocenters. The van der Waals surface area contributed by atoms with Crippen LogP contribution in [0.25, 0.3) is 0 Å². The van der Waals surface area contributed by atoms with Gasteiger partial charge >= 0.3 is 0 Å². The van der Waals surface area contributed by atoms with E-state index in [-0.39, 0.29) is 11.2 Å². The number of phenols is 2. The lowest BCUT2D eigenvalue weighted by molar-refractivity contribution is 0.463. The lowest BCUT2D eigenvalue weighted by atomic mass is 10.3. The summed E-state index contributed by atoms with van der Waals surface area (Å²) in [6.45, 7) is 6.70. The maximum Gasteiger partial charge on any atom is 0.158 e. The third-order valence-corrected chi connectivity index (χ3v) is 9.19. The molecular weight excluding hydrogens is 295 g/mol. The van der Waals surface area contributed by atoms with Crippen molar-refractivity contribution in [1.29, 1.82) is 0 Å². The van der Waals surface area contributed by atoms with E-state index < -0.39 is 7.26 Å². The van der Waals surface area contributed by atoms with E-state index in [0.29, 0.717) is 5.75 Å². The van der Waals surface area contributed by atoms with Crippen LogP contribution >= 0.6 is 7.26 Å². The van der Waals surface area contributed by atoms with Crippen molar-refractivity contribution in [2.45, 2.75) is 59.3 Å². The second-order valence-electron chi connectivity index (χ2n) is 6.05. The van der Waals surface area contributed by atoms with Gasteiger partial charge < -0.3 is 15.7 Å². The van der Waals surface area contributed by atoms with Gasteiger partial charge in [0.05, 0.1) is 25.7 Å². The Hall–Kier alpha value is -0.790. The average Bonchev–Trinajstić information content (AvgIpc) is 2.49. The SMILES string of the molecule is CCCC[P+](CCCC)(CCCC)c1cc(O)ccc1O.[OH-]. The average molecular weight is 328 g/mol. The Bertz CT molecular complexity index is 399. The van der Waals surface area contributed by atoms with E-state index in [9.17, 15) is 10.2 Å². The summed E-state index contributed by atoms with van der Waals surface area (Å²) < 4.78 is 0. The highest BCUT2D eigenvalue weighted by molar-refractivity contribution is 7.83. The molecule has 1 rings (SSSR count). The Morgan fingerprint density at radius 3 is 1.68 bits per heavy atom. The van der Waals surface area contributed by atoms with E-state index in [1.165, 1.54) is 57.0 Å². The molecule has 0 radical (unpaired) electrons. The smallest absolute Gasteiger partial charge is 0.158 e. The van der Waals surface area contributed by atoms with Crippen LogP contribution in [0.5, 0.6) is 11.5 Å². The van der Waals surface area contributed by atoms with Crippen molar-refractivity contribution in [3.05, 3.63) is 18.2 Å². The summed E-state index contributed by atoms with van der Waals surface area (Å²) in [6, 6.07) is 5.10. The molecule has 0 saturated heterocycles. The Kier molecular flexibility index (Phi) is 10.5. The second kappa shape index (κ2) is 10.9. The van der Waals surface area contributed by atoms with Crippen molar-refractivity contribution in [3.8, 4) is 11.5 Å². The summed E-state index contributed by atoms with van der Waals surface area (Å²) in [7, 11) is -1.37. The fourth-order valence-electron chi connectivity index (χ4n) is 2.97. The number of aromatic hydroxyl groups is 2. The first-order valence-corrected chi connectivity index (χ1v) is 10.8. The summed E-state index contributed by atoms with van der Waals surface area (Å²) in [5.41, 5.74) is 0. The van der Waals surface area contributed by atoms with Gasteiger partial charge in [0, 0.05) is 6.07 Å². The molecule has 0 amide bonds. The van der Waals surface area contributed by atoms with Gasteiger partial charge in [-0.2, -0.15) is 0 Å². The lowest BCUT2D eigenvalue weighted by Crippen LogP contribution is -2.21. The molecule has 0 unspecified atom stereocenters. The highest BCUT2D eigenvalue weighted by atomic mass is 31.2. The number of hydrogen-bond donors (Lipinski definition) is 2. The van der Waals surface area contributed by atoms with Crippen molar-refractivity contribution < 1.29 is 15.7 Å². The van der Waals surface area contributed by atoms with E-state index in [0.717, 1.165) is 5.30 Å². The summed E-state index contributed by atoms with van der Waals surface area (Å²) >= 11 is 0. The maximum absolute atomic E-state index is 10.4. The first kappa shape index (κ1) is 21.2. The molecule has 0 bridgehead atoms. The Morgan fingerprint density at radius 1 is 0.818 bits per heavy atom. The molecule has 4 heteroatoms. The van der Waals surface area contributed by atoms with Crippen LogP contribution in [-0.2, 0) is 0 Å². The van der Waals surface area contributed by atoms with Crippen molar-refractivity contribution in [1.82, 2.24) is 0 Å². The van der Waals surface area contributed by atoms with Crippen molar-refractivity contribution in [3.63, 3.8) is 0 Å². The second-order valence-corrected chi connectivity index (χ2v) is 10.2. The summed E-state index contributed by atoms with van der Waals surface area (Å²) in [6.07, 6.45) is 10.9. The fraction of sp³-hybridized carbons (Fsp3) is 0.667. The van der Waals surface area contributed by atoms with Gasteiger partial charge in [0.2, 0.25) is 0 Å². The Labute approximate surface area is 136 Å². The van der Waals surface area contributed by atoms with Gasteiger partial charge in [0.25, 0.3) is 0 Å². The number of phenolic OH excluding ortho intramolecular Hbond substituents is 2. The maximum atomic E-state index is 10.4. The molecule has 3 nitrogen and oxygen atoms in total. The molecule has 3 N–H and O–H groups in total. The minimum absolute atomic E-state index is 0. The molecule has 0 aromatic heterocycles. The van der Waals surface area contributed by atoms with Crippen LogP contribution in [0.3, 0.4) is 0 Å². The van der Waals surface area contributed by atoms with Gasteiger partial charge in [0.1, 0.15) is 11.1 Å². The van der Waals surface area contributed by atoms with E-state index in [1.807, 2.05) is 6.07 Å². The first-order chi connectivity index (χ1) is 10.1. The third-order valence-electron chi connectivity index (χ3n) is 4.29. The fourth-order valence-corrected chi connectivity index (χ4v) is 8.10. The van der Waals surface area contributed by atoms with E-state index in [1.54, 1.807) is 12.1 Å². The number of benzene rings is 1. The highest BCUT2D eigenvalue weighted by Gasteiger charge is 2.40. The predicted molar refractivity (Wildman–Crippen MR) is 97.6 cm³/mol. The van der Waals surface area contributed by atoms with Gasteiger partial charge in [0.15, 0.2) is 5.75 Å². The normalized spacial score (nSPS) is 11.2. The van der Waals surface area contributed by atoms with Crippen LogP contribution in [-0.4, -0.2) is 34.2 Å². The molecular formula is C18H33O3P. The third kappa shape index (κ3) is 5.78. The van der Waals surface area contributed by atoms with Crippen LogP contribution in [0, 0.1) is 0 Å². The zero-order valence-corrected chi connectivity index (χ0v) is 15.3. The highest BCUT2D eigenvalue weighted by Crippen LogP contribution is 2.61. The Balaban J connectivity index is 0.00000441. The molecule has 0 aliphatic heterocycles.